The van der Waals surface area contributed by atoms with E-state index in [1.807, 2.05) is 30.3 Å². The number of carbonyl (C=O) groups excluding carboxylic acids is 2. The van der Waals surface area contributed by atoms with Crippen molar-refractivity contribution in [2.45, 2.75) is 12.5 Å². The molecule has 1 atom stereocenters. The van der Waals surface area contributed by atoms with E-state index in [9.17, 15) is 18.8 Å². The quantitative estimate of drug-likeness (QED) is 0.443. The highest BCUT2D eigenvalue weighted by Crippen LogP contribution is 2.38. The molecule has 2 amide bonds. The monoisotopic (exact) mass is 472 g/mol. The van der Waals surface area contributed by atoms with Crippen LogP contribution in [0.3, 0.4) is 0 Å². The van der Waals surface area contributed by atoms with Crippen molar-refractivity contribution in [3.05, 3.63) is 111 Å². The summed E-state index contributed by atoms with van der Waals surface area (Å²) in [7, 11) is 0. The Kier molecular flexibility index (Phi) is 5.78. The highest BCUT2D eigenvalue weighted by molar-refractivity contribution is 5.99. The molecule has 1 unspecified atom stereocenters. The first-order chi connectivity index (χ1) is 16.9. The molecule has 1 aliphatic rings. The van der Waals surface area contributed by atoms with Crippen LogP contribution in [-0.4, -0.2) is 29.9 Å². The average Bonchev–Trinajstić information content (AvgIpc) is 3.14. The van der Waals surface area contributed by atoms with Crippen molar-refractivity contribution in [1.82, 2.24) is 4.90 Å². The molecule has 2 N–H and O–H groups in total. The van der Waals surface area contributed by atoms with Crippen LogP contribution >= 0.6 is 0 Å². The van der Waals surface area contributed by atoms with E-state index in [0.29, 0.717) is 24.3 Å². The van der Waals surface area contributed by atoms with E-state index in [4.69, 9.17) is 14.9 Å². The summed E-state index contributed by atoms with van der Waals surface area (Å²) in [6.07, 6.45) is 0.569. The summed E-state index contributed by atoms with van der Waals surface area (Å²) in [5.41, 5.74) is 6.70. The normalized spacial score (nSPS) is 14.8. The first kappa shape index (κ1) is 22.3. The van der Waals surface area contributed by atoms with Crippen LogP contribution in [0.5, 0.6) is 5.75 Å². The number of primary amides is 1. The van der Waals surface area contributed by atoms with Crippen molar-refractivity contribution in [2.75, 3.05) is 13.2 Å². The third-order valence-electron chi connectivity index (χ3n) is 5.99. The largest absolute Gasteiger partial charge is 0.484 e. The lowest BCUT2D eigenvalue weighted by Gasteiger charge is -2.25. The first-order valence-corrected chi connectivity index (χ1v) is 11.0. The second-order valence-corrected chi connectivity index (χ2v) is 8.28. The molecular weight excluding hydrogens is 451 g/mol. The molecule has 0 radical (unpaired) electrons. The Morgan fingerprint density at radius 2 is 1.77 bits per heavy atom. The summed E-state index contributed by atoms with van der Waals surface area (Å²) in [6.45, 7) is 0.0657. The summed E-state index contributed by atoms with van der Waals surface area (Å²) in [5.74, 6) is -1.20. The lowest BCUT2D eigenvalue weighted by Crippen LogP contribution is -2.31. The SMILES string of the molecule is NC(=O)COc1ccc(C2c3c(oc4ccc(F)cc4c3=O)C(=O)N2CCc2ccccc2)cc1. The number of ether oxygens (including phenoxy) is 1. The molecule has 7 nitrogen and oxygen atoms in total. The molecule has 0 spiro atoms. The molecule has 8 heteroatoms. The standard InChI is InChI=1S/C27H21FN2O5/c28-18-8-11-21-20(14-18)25(32)23-24(17-6-9-19(10-7-17)34-15-22(29)31)30(27(33)26(23)35-21)13-12-16-4-2-1-3-5-16/h1-11,14,24H,12-13,15H2,(H2,29,31). The van der Waals surface area contributed by atoms with Gasteiger partial charge >= 0.3 is 0 Å². The van der Waals surface area contributed by atoms with E-state index in [1.54, 1.807) is 29.2 Å². The van der Waals surface area contributed by atoms with Crippen LogP contribution in [0, 0.1) is 5.82 Å². The number of carbonyl (C=O) groups is 2. The molecule has 0 aliphatic carbocycles. The highest BCUT2D eigenvalue weighted by atomic mass is 19.1. The van der Waals surface area contributed by atoms with Gasteiger partial charge in [0.05, 0.1) is 17.0 Å². The van der Waals surface area contributed by atoms with E-state index < -0.39 is 29.1 Å². The molecule has 1 aliphatic heterocycles. The zero-order chi connectivity index (χ0) is 24.5. The molecule has 5 rings (SSSR count). The van der Waals surface area contributed by atoms with Crippen LogP contribution in [0.1, 0.15) is 33.3 Å². The fourth-order valence-corrected chi connectivity index (χ4v) is 4.36. The average molecular weight is 472 g/mol. The van der Waals surface area contributed by atoms with E-state index in [0.717, 1.165) is 11.6 Å². The Bertz CT molecular complexity index is 1480. The smallest absolute Gasteiger partial charge is 0.290 e. The van der Waals surface area contributed by atoms with Crippen molar-refractivity contribution in [1.29, 1.82) is 0 Å². The van der Waals surface area contributed by atoms with Gasteiger partial charge in [-0.1, -0.05) is 42.5 Å². The van der Waals surface area contributed by atoms with Gasteiger partial charge in [-0.25, -0.2) is 4.39 Å². The number of halogens is 1. The van der Waals surface area contributed by atoms with Gasteiger partial charge in [-0.15, -0.1) is 0 Å². The van der Waals surface area contributed by atoms with Gasteiger partial charge in [-0.2, -0.15) is 0 Å². The van der Waals surface area contributed by atoms with Crippen molar-refractivity contribution in [3.8, 4) is 5.75 Å². The molecule has 2 heterocycles. The summed E-state index contributed by atoms with van der Waals surface area (Å²) in [6, 6.07) is 19.3. The number of nitrogens with zero attached hydrogens (tertiary/aromatic N) is 1. The Hall–Kier alpha value is -4.46. The Morgan fingerprint density at radius 1 is 1.03 bits per heavy atom. The van der Waals surface area contributed by atoms with Crippen LogP contribution in [0.15, 0.2) is 82.0 Å². The maximum Gasteiger partial charge on any atom is 0.290 e. The van der Waals surface area contributed by atoms with E-state index in [-0.39, 0.29) is 28.9 Å². The number of rotatable bonds is 7. The van der Waals surface area contributed by atoms with Gasteiger partial charge in [0.15, 0.2) is 12.0 Å². The Balaban J connectivity index is 1.58. The number of hydrogen-bond donors (Lipinski definition) is 1. The van der Waals surface area contributed by atoms with E-state index >= 15 is 0 Å². The maximum atomic E-state index is 13.9. The Labute approximate surface area is 199 Å². The molecule has 1 aromatic heterocycles. The van der Waals surface area contributed by atoms with Crippen molar-refractivity contribution in [2.24, 2.45) is 5.73 Å². The molecule has 3 aromatic carbocycles. The minimum atomic E-state index is -0.727. The molecule has 0 saturated heterocycles. The summed E-state index contributed by atoms with van der Waals surface area (Å²) in [4.78, 5) is 39.5. The van der Waals surface area contributed by atoms with Gasteiger partial charge in [0, 0.05) is 6.54 Å². The van der Waals surface area contributed by atoms with Gasteiger partial charge in [-0.3, -0.25) is 14.4 Å². The third-order valence-corrected chi connectivity index (χ3v) is 5.99. The number of nitrogens with two attached hydrogens (primary N) is 1. The lowest BCUT2D eigenvalue weighted by atomic mass is 9.98. The molecule has 4 aromatic rings. The van der Waals surface area contributed by atoms with Crippen LogP contribution in [0.4, 0.5) is 4.39 Å². The zero-order valence-corrected chi connectivity index (χ0v) is 18.6. The predicted molar refractivity (Wildman–Crippen MR) is 127 cm³/mol. The fourth-order valence-electron chi connectivity index (χ4n) is 4.36. The highest BCUT2D eigenvalue weighted by Gasteiger charge is 2.42. The van der Waals surface area contributed by atoms with Crippen LogP contribution in [0.2, 0.25) is 0 Å². The minimum absolute atomic E-state index is 0.0405. The van der Waals surface area contributed by atoms with Crippen LogP contribution in [0.25, 0.3) is 11.0 Å². The number of benzene rings is 3. The first-order valence-electron chi connectivity index (χ1n) is 11.0. The van der Waals surface area contributed by atoms with Gasteiger partial charge in [0.25, 0.3) is 11.8 Å². The van der Waals surface area contributed by atoms with Crippen LogP contribution < -0.4 is 15.9 Å². The molecule has 0 bridgehead atoms. The number of hydrogen-bond acceptors (Lipinski definition) is 5. The Morgan fingerprint density at radius 3 is 2.49 bits per heavy atom. The number of amides is 2. The van der Waals surface area contributed by atoms with Crippen LogP contribution in [-0.2, 0) is 11.2 Å². The summed E-state index contributed by atoms with van der Waals surface area (Å²) in [5, 5.41) is 0.0767. The molecule has 0 fully saturated rings. The fraction of sp³-hybridized carbons (Fsp3) is 0.148. The zero-order valence-electron chi connectivity index (χ0n) is 18.6. The van der Waals surface area contributed by atoms with Crippen molar-refractivity contribution >= 4 is 22.8 Å². The van der Waals surface area contributed by atoms with Gasteiger partial charge in [-0.05, 0) is 47.9 Å². The van der Waals surface area contributed by atoms with E-state index in [1.165, 1.54) is 12.1 Å². The number of fused-ring (bicyclic) bond motifs is 2. The maximum absolute atomic E-state index is 13.9. The molecule has 35 heavy (non-hydrogen) atoms. The molecular formula is C27H21FN2O5. The van der Waals surface area contributed by atoms with Gasteiger partial charge in [0.1, 0.15) is 17.1 Å². The molecule has 0 saturated carbocycles. The molecule has 176 valence electrons. The minimum Gasteiger partial charge on any atom is -0.484 e. The second-order valence-electron chi connectivity index (χ2n) is 8.28. The predicted octanol–water partition coefficient (Wildman–Crippen LogP) is 3.58. The van der Waals surface area contributed by atoms with Gasteiger partial charge < -0.3 is 19.8 Å². The summed E-state index contributed by atoms with van der Waals surface area (Å²) >= 11 is 0. The topological polar surface area (TPSA) is 103 Å². The lowest BCUT2D eigenvalue weighted by molar-refractivity contribution is -0.119. The van der Waals surface area contributed by atoms with Gasteiger partial charge in [0.2, 0.25) is 5.76 Å². The van der Waals surface area contributed by atoms with Crippen molar-refractivity contribution < 1.29 is 23.1 Å². The third kappa shape index (κ3) is 4.26. The second kappa shape index (κ2) is 9.06. The van der Waals surface area contributed by atoms with E-state index in [2.05, 4.69) is 0 Å². The summed E-state index contributed by atoms with van der Waals surface area (Å²) < 4.78 is 25.1. The van der Waals surface area contributed by atoms with Crippen molar-refractivity contribution in [3.63, 3.8) is 0 Å².